The predicted octanol–water partition coefficient (Wildman–Crippen LogP) is 2.76. The van der Waals surface area contributed by atoms with E-state index >= 15 is 0 Å². The van der Waals surface area contributed by atoms with Crippen LogP contribution >= 0.6 is 27.3 Å². The van der Waals surface area contributed by atoms with Gasteiger partial charge in [-0.2, -0.15) is 0 Å². The van der Waals surface area contributed by atoms with Gasteiger partial charge in [0.25, 0.3) is 0 Å². The topological polar surface area (TPSA) is 54.5 Å². The molecule has 1 fully saturated rings. The molecule has 0 saturated carbocycles. The normalized spacial score (nSPS) is 21.4. The monoisotopic (exact) mass is 330 g/mol. The summed E-state index contributed by atoms with van der Waals surface area (Å²) >= 11 is 5.10. The first-order valence-corrected chi connectivity index (χ1v) is 7.84. The van der Waals surface area contributed by atoms with Gasteiger partial charge in [-0.3, -0.25) is 0 Å². The summed E-state index contributed by atoms with van der Waals surface area (Å²) in [5.41, 5.74) is 7.07. The lowest BCUT2D eigenvalue weighted by molar-refractivity contribution is 0.270. The van der Waals surface area contributed by atoms with E-state index in [1.807, 2.05) is 6.92 Å². The SMILES string of the molecule is Cc1nc(CN=C(N)N2CCCC(C)C2)sc1Br. The fourth-order valence-electron chi connectivity index (χ4n) is 2.14. The molecule has 1 saturated heterocycles. The van der Waals surface area contributed by atoms with Gasteiger partial charge >= 0.3 is 0 Å². The molecule has 1 unspecified atom stereocenters. The van der Waals surface area contributed by atoms with Crippen molar-refractivity contribution < 1.29 is 0 Å². The summed E-state index contributed by atoms with van der Waals surface area (Å²) in [6.45, 7) is 6.88. The van der Waals surface area contributed by atoms with Crippen molar-refractivity contribution in [2.45, 2.75) is 33.2 Å². The molecular formula is C12H19BrN4S. The largest absolute Gasteiger partial charge is 0.370 e. The molecule has 0 bridgehead atoms. The van der Waals surface area contributed by atoms with E-state index in [1.54, 1.807) is 11.3 Å². The zero-order chi connectivity index (χ0) is 13.1. The second-order valence-electron chi connectivity index (χ2n) is 4.83. The summed E-state index contributed by atoms with van der Waals surface area (Å²) in [5.74, 6) is 1.37. The Morgan fingerprint density at radius 1 is 1.67 bits per heavy atom. The van der Waals surface area contributed by atoms with Crippen molar-refractivity contribution in [3.05, 3.63) is 14.5 Å². The number of thiazole rings is 1. The van der Waals surface area contributed by atoms with Gasteiger partial charge in [0.2, 0.25) is 0 Å². The highest BCUT2D eigenvalue weighted by Gasteiger charge is 2.17. The smallest absolute Gasteiger partial charge is 0.191 e. The van der Waals surface area contributed by atoms with Gasteiger partial charge in [-0.15, -0.1) is 11.3 Å². The van der Waals surface area contributed by atoms with Crippen molar-refractivity contribution in [3.63, 3.8) is 0 Å². The first-order valence-electron chi connectivity index (χ1n) is 6.23. The van der Waals surface area contributed by atoms with Gasteiger partial charge in [0, 0.05) is 13.1 Å². The Labute approximate surface area is 120 Å². The number of hydrogen-bond acceptors (Lipinski definition) is 3. The molecule has 1 aliphatic heterocycles. The number of rotatable bonds is 2. The van der Waals surface area contributed by atoms with E-state index in [2.05, 4.69) is 37.7 Å². The molecule has 2 heterocycles. The maximum atomic E-state index is 6.04. The van der Waals surface area contributed by atoms with E-state index < -0.39 is 0 Å². The number of nitrogens with zero attached hydrogens (tertiary/aromatic N) is 3. The summed E-state index contributed by atoms with van der Waals surface area (Å²) in [6, 6.07) is 0. The van der Waals surface area contributed by atoms with Crippen LogP contribution < -0.4 is 5.73 Å². The standard InChI is InChI=1S/C12H19BrN4S/c1-8-4-3-5-17(7-8)12(14)15-6-10-16-9(2)11(13)18-10/h8H,3-7H2,1-2H3,(H2,14,15). The van der Waals surface area contributed by atoms with Crippen LogP contribution in [-0.2, 0) is 6.54 Å². The van der Waals surface area contributed by atoms with Crippen molar-refractivity contribution in [1.29, 1.82) is 0 Å². The highest BCUT2D eigenvalue weighted by Crippen LogP contribution is 2.24. The van der Waals surface area contributed by atoms with Gasteiger partial charge in [-0.25, -0.2) is 9.98 Å². The Morgan fingerprint density at radius 3 is 3.06 bits per heavy atom. The number of aryl methyl sites for hydroxylation is 1. The fraction of sp³-hybridized carbons (Fsp3) is 0.667. The van der Waals surface area contributed by atoms with Gasteiger partial charge in [0.1, 0.15) is 5.01 Å². The lowest BCUT2D eigenvalue weighted by Gasteiger charge is -2.31. The van der Waals surface area contributed by atoms with Crippen LogP contribution in [0.5, 0.6) is 0 Å². The van der Waals surface area contributed by atoms with Crippen LogP contribution in [0.4, 0.5) is 0 Å². The second-order valence-corrected chi connectivity index (χ2v) is 7.24. The predicted molar refractivity (Wildman–Crippen MR) is 79.8 cm³/mol. The van der Waals surface area contributed by atoms with Crippen LogP contribution in [0.2, 0.25) is 0 Å². The number of guanidine groups is 1. The number of aliphatic imine (C=N–C) groups is 1. The van der Waals surface area contributed by atoms with E-state index in [0.29, 0.717) is 18.4 Å². The first-order chi connectivity index (χ1) is 8.56. The molecule has 4 nitrogen and oxygen atoms in total. The summed E-state index contributed by atoms with van der Waals surface area (Å²) < 4.78 is 1.08. The summed E-state index contributed by atoms with van der Waals surface area (Å²) in [7, 11) is 0. The zero-order valence-corrected chi connectivity index (χ0v) is 13.2. The number of halogens is 1. The van der Waals surface area contributed by atoms with E-state index in [0.717, 1.165) is 27.6 Å². The maximum absolute atomic E-state index is 6.04. The lowest BCUT2D eigenvalue weighted by Crippen LogP contribution is -2.43. The summed E-state index contributed by atoms with van der Waals surface area (Å²) in [5, 5.41) is 1.01. The van der Waals surface area contributed by atoms with Crippen LogP contribution in [0.25, 0.3) is 0 Å². The minimum absolute atomic E-state index is 0.577. The average molecular weight is 331 g/mol. The van der Waals surface area contributed by atoms with Gasteiger partial charge in [0.15, 0.2) is 5.96 Å². The van der Waals surface area contributed by atoms with E-state index in [-0.39, 0.29) is 0 Å². The molecule has 6 heteroatoms. The molecule has 0 aliphatic carbocycles. The molecule has 2 rings (SSSR count). The van der Waals surface area contributed by atoms with E-state index in [9.17, 15) is 0 Å². The summed E-state index contributed by atoms with van der Waals surface area (Å²) in [6.07, 6.45) is 2.50. The minimum atomic E-state index is 0.577. The van der Waals surface area contributed by atoms with Crippen LogP contribution in [-0.4, -0.2) is 28.9 Å². The third-order valence-electron chi connectivity index (χ3n) is 3.14. The lowest BCUT2D eigenvalue weighted by atomic mass is 10.0. The molecule has 1 aromatic heterocycles. The Morgan fingerprint density at radius 2 is 2.44 bits per heavy atom. The molecule has 1 atom stereocenters. The summed E-state index contributed by atoms with van der Waals surface area (Å²) in [4.78, 5) is 11.1. The van der Waals surface area contributed by atoms with Crippen LogP contribution in [0.3, 0.4) is 0 Å². The molecule has 18 heavy (non-hydrogen) atoms. The third-order valence-corrected chi connectivity index (χ3v) is 5.13. The van der Waals surface area contributed by atoms with Crippen molar-refractivity contribution in [3.8, 4) is 0 Å². The van der Waals surface area contributed by atoms with Gasteiger partial charge in [-0.1, -0.05) is 6.92 Å². The highest BCUT2D eigenvalue weighted by molar-refractivity contribution is 9.11. The number of hydrogen-bond donors (Lipinski definition) is 1. The van der Waals surface area contributed by atoms with Gasteiger partial charge in [-0.05, 0) is 41.6 Å². The number of aromatic nitrogens is 1. The number of nitrogens with two attached hydrogens (primary N) is 1. The van der Waals surface area contributed by atoms with E-state index in [1.165, 1.54) is 12.8 Å². The van der Waals surface area contributed by atoms with Crippen molar-refractivity contribution in [1.82, 2.24) is 9.88 Å². The van der Waals surface area contributed by atoms with Crippen LogP contribution in [0.1, 0.15) is 30.5 Å². The molecule has 0 amide bonds. The van der Waals surface area contributed by atoms with Crippen molar-refractivity contribution >= 4 is 33.2 Å². The van der Waals surface area contributed by atoms with Crippen LogP contribution in [0.15, 0.2) is 8.78 Å². The van der Waals surface area contributed by atoms with Gasteiger partial charge in [0.05, 0.1) is 16.0 Å². The van der Waals surface area contributed by atoms with Gasteiger partial charge < -0.3 is 10.6 Å². The Bertz CT molecular complexity index is 424. The molecule has 1 aliphatic rings. The molecule has 0 radical (unpaired) electrons. The third kappa shape index (κ3) is 3.45. The molecule has 1 aromatic rings. The molecule has 100 valence electrons. The number of likely N-dealkylation sites (tertiary alicyclic amines) is 1. The average Bonchev–Trinajstić information content (AvgIpc) is 2.66. The fourth-order valence-corrected chi connectivity index (χ4v) is 3.51. The quantitative estimate of drug-likeness (QED) is 0.670. The first kappa shape index (κ1) is 13.8. The maximum Gasteiger partial charge on any atom is 0.191 e. The van der Waals surface area contributed by atoms with E-state index in [4.69, 9.17) is 5.73 Å². The Hall–Kier alpha value is -0.620. The zero-order valence-electron chi connectivity index (χ0n) is 10.8. The molecule has 0 spiro atoms. The molecule has 2 N–H and O–H groups in total. The highest BCUT2D eigenvalue weighted by atomic mass is 79.9. The Balaban J connectivity index is 1.95. The van der Waals surface area contributed by atoms with Crippen molar-refractivity contribution in [2.75, 3.05) is 13.1 Å². The number of piperidine rings is 1. The second kappa shape index (κ2) is 6.02. The minimum Gasteiger partial charge on any atom is -0.370 e. The van der Waals surface area contributed by atoms with Crippen LogP contribution in [0, 0.1) is 12.8 Å². The van der Waals surface area contributed by atoms with Crippen molar-refractivity contribution in [2.24, 2.45) is 16.6 Å². The Kier molecular flexibility index (Phi) is 4.61. The molecular weight excluding hydrogens is 312 g/mol. The molecule has 0 aromatic carbocycles.